The molecule has 7 atom stereocenters. The largest absolute Gasteiger partial charge is 0.391 e. The van der Waals surface area contributed by atoms with Crippen LogP contribution in [0.25, 0.3) is 0 Å². The SMILES string of the molecule is CN[C@H]1[C@@H](O)C[C@H](O[C@H]2C/C=C(\C)C/C(C)=C\C=C\CC[C@H](C)CNC(=O)/C=C/C=C\[C@@H]2C)O[C@@H]1C. The van der Waals surface area contributed by atoms with Crippen molar-refractivity contribution in [1.29, 1.82) is 0 Å². The third kappa shape index (κ3) is 11.0. The molecule has 202 valence electrons. The van der Waals surface area contributed by atoms with Crippen LogP contribution >= 0.6 is 0 Å². The first-order chi connectivity index (χ1) is 17.2. The minimum atomic E-state index is -0.524. The molecule has 2 aliphatic heterocycles. The molecule has 0 unspecified atom stereocenters. The molecule has 0 spiro atoms. The molecule has 0 aromatic rings. The lowest BCUT2D eigenvalue weighted by Crippen LogP contribution is -2.54. The Morgan fingerprint density at radius 3 is 2.64 bits per heavy atom. The molecule has 0 saturated carbocycles. The number of likely N-dealkylation sites (N-methyl/N-ethyl adjacent to an activating group) is 1. The number of hydrogen-bond acceptors (Lipinski definition) is 5. The van der Waals surface area contributed by atoms with Gasteiger partial charge in [0.25, 0.3) is 0 Å². The molecule has 6 nitrogen and oxygen atoms in total. The molecule has 0 aromatic carbocycles. The van der Waals surface area contributed by atoms with E-state index in [1.807, 2.05) is 20.0 Å². The standard InChI is InChI=1S/C30H48N2O4/c1-21-12-8-7-9-13-23(3)20-32-28(34)15-11-10-14-24(4)27(17-16-22(2)18-21)36-29-19-26(33)30(31-6)25(5)35-29/h7-8,10-12,14-16,23-27,29-31,33H,9,13,17-20H2,1-6H3,(H,32,34)/b8-7+,14-10-,15-11+,21-12-,22-16+/t23-,24-,25+,26-,27-,29-,30+/m0/s1. The topological polar surface area (TPSA) is 79.8 Å². The van der Waals surface area contributed by atoms with E-state index in [-0.39, 0.29) is 30.1 Å². The molecule has 2 aliphatic rings. The molecular weight excluding hydrogens is 452 g/mol. The van der Waals surface area contributed by atoms with E-state index in [1.54, 1.807) is 12.2 Å². The predicted octanol–water partition coefficient (Wildman–Crippen LogP) is 4.98. The number of nitrogens with one attached hydrogen (secondary N) is 2. The predicted molar refractivity (Wildman–Crippen MR) is 147 cm³/mol. The van der Waals surface area contributed by atoms with Gasteiger partial charge in [-0.1, -0.05) is 67.5 Å². The van der Waals surface area contributed by atoms with Crippen LogP contribution in [-0.2, 0) is 14.3 Å². The van der Waals surface area contributed by atoms with Gasteiger partial charge in [0.15, 0.2) is 6.29 Å². The van der Waals surface area contributed by atoms with Crippen LogP contribution in [0.2, 0.25) is 0 Å². The van der Waals surface area contributed by atoms with E-state index < -0.39 is 12.4 Å². The van der Waals surface area contributed by atoms with Crippen LogP contribution in [0.4, 0.5) is 0 Å². The van der Waals surface area contributed by atoms with Gasteiger partial charge in [-0.2, -0.15) is 0 Å². The molecule has 6 heteroatoms. The number of allylic oxidation sites excluding steroid dienone is 7. The van der Waals surface area contributed by atoms with Crippen molar-refractivity contribution >= 4 is 5.91 Å². The highest BCUT2D eigenvalue weighted by Crippen LogP contribution is 2.26. The molecular formula is C30H48N2O4. The Morgan fingerprint density at radius 2 is 1.92 bits per heavy atom. The molecule has 0 aromatic heterocycles. The van der Waals surface area contributed by atoms with Crippen LogP contribution < -0.4 is 10.6 Å². The summed E-state index contributed by atoms with van der Waals surface area (Å²) in [6.07, 6.45) is 19.0. The summed E-state index contributed by atoms with van der Waals surface area (Å²) in [5.74, 6) is 0.435. The summed E-state index contributed by atoms with van der Waals surface area (Å²) < 4.78 is 12.5. The molecule has 3 N–H and O–H groups in total. The van der Waals surface area contributed by atoms with E-state index in [1.165, 1.54) is 11.1 Å². The van der Waals surface area contributed by atoms with Crippen LogP contribution in [0.15, 0.2) is 59.8 Å². The number of carbonyl (C=O) groups is 1. The van der Waals surface area contributed by atoms with Crippen LogP contribution in [0.3, 0.4) is 0 Å². The van der Waals surface area contributed by atoms with E-state index in [2.05, 4.69) is 68.7 Å². The molecule has 0 aliphatic carbocycles. The van der Waals surface area contributed by atoms with Crippen molar-refractivity contribution in [1.82, 2.24) is 10.6 Å². The molecule has 0 radical (unpaired) electrons. The Kier molecular flexibility index (Phi) is 13.4. The monoisotopic (exact) mass is 500 g/mol. The summed E-state index contributed by atoms with van der Waals surface area (Å²) in [5.41, 5.74) is 2.62. The van der Waals surface area contributed by atoms with Gasteiger partial charge in [-0.3, -0.25) is 4.79 Å². The van der Waals surface area contributed by atoms with E-state index in [4.69, 9.17) is 9.47 Å². The number of aliphatic hydroxyl groups is 1. The number of hydrogen-bond donors (Lipinski definition) is 3. The van der Waals surface area contributed by atoms with Crippen molar-refractivity contribution in [2.75, 3.05) is 13.6 Å². The zero-order valence-electron chi connectivity index (χ0n) is 23.1. The molecule has 1 saturated heterocycles. The minimum absolute atomic E-state index is 0.0771. The van der Waals surface area contributed by atoms with Gasteiger partial charge in [0.05, 0.1) is 24.4 Å². The maximum atomic E-state index is 12.2. The van der Waals surface area contributed by atoms with Crippen LogP contribution in [0, 0.1) is 11.8 Å². The van der Waals surface area contributed by atoms with Crippen LogP contribution in [0.1, 0.15) is 66.7 Å². The zero-order valence-corrected chi connectivity index (χ0v) is 23.1. The van der Waals surface area contributed by atoms with E-state index in [0.717, 1.165) is 25.7 Å². The Bertz CT molecular complexity index is 817. The Labute approximate surface area is 218 Å². The second kappa shape index (κ2) is 16.0. The summed E-state index contributed by atoms with van der Waals surface area (Å²) in [4.78, 5) is 12.2. The van der Waals surface area contributed by atoms with E-state index in [0.29, 0.717) is 18.9 Å². The summed E-state index contributed by atoms with van der Waals surface area (Å²) in [6.45, 7) is 11.2. The van der Waals surface area contributed by atoms with Gasteiger partial charge < -0.3 is 25.2 Å². The summed E-state index contributed by atoms with van der Waals surface area (Å²) in [6, 6.07) is -0.105. The van der Waals surface area contributed by atoms with E-state index >= 15 is 0 Å². The number of ether oxygens (including phenoxy) is 2. The van der Waals surface area contributed by atoms with Gasteiger partial charge in [0, 0.05) is 25.0 Å². The highest BCUT2D eigenvalue weighted by Gasteiger charge is 2.36. The average Bonchev–Trinajstić information content (AvgIpc) is 2.82. The molecule has 1 fully saturated rings. The second-order valence-corrected chi connectivity index (χ2v) is 10.5. The summed E-state index contributed by atoms with van der Waals surface area (Å²) in [7, 11) is 1.84. The van der Waals surface area contributed by atoms with Gasteiger partial charge in [-0.25, -0.2) is 0 Å². The Balaban J connectivity index is 2.18. The lowest BCUT2D eigenvalue weighted by molar-refractivity contribution is -0.241. The number of rotatable bonds is 3. The smallest absolute Gasteiger partial charge is 0.243 e. The Hall–Kier alpha value is -1.99. The summed E-state index contributed by atoms with van der Waals surface area (Å²) >= 11 is 0. The highest BCUT2D eigenvalue weighted by molar-refractivity contribution is 5.87. The fraction of sp³-hybridized carbons (Fsp3) is 0.633. The summed E-state index contributed by atoms with van der Waals surface area (Å²) in [5, 5.41) is 16.7. The number of amides is 1. The maximum Gasteiger partial charge on any atom is 0.243 e. The van der Waals surface area contributed by atoms with Crippen molar-refractivity contribution in [2.45, 2.75) is 97.4 Å². The minimum Gasteiger partial charge on any atom is -0.391 e. The number of aliphatic hydroxyl groups excluding tert-OH is 1. The van der Waals surface area contributed by atoms with Crippen molar-refractivity contribution in [2.24, 2.45) is 11.8 Å². The Morgan fingerprint density at radius 1 is 1.14 bits per heavy atom. The first kappa shape index (κ1) is 30.2. The molecule has 0 bridgehead atoms. The third-order valence-corrected chi connectivity index (χ3v) is 6.96. The second-order valence-electron chi connectivity index (χ2n) is 10.5. The fourth-order valence-electron chi connectivity index (χ4n) is 4.68. The van der Waals surface area contributed by atoms with Crippen molar-refractivity contribution in [3.05, 3.63) is 59.8 Å². The normalized spacial score (nSPS) is 39.5. The molecule has 1 amide bonds. The van der Waals surface area contributed by atoms with Crippen molar-refractivity contribution in [3.63, 3.8) is 0 Å². The molecule has 2 rings (SSSR count). The van der Waals surface area contributed by atoms with Crippen LogP contribution in [0.5, 0.6) is 0 Å². The van der Waals surface area contributed by atoms with E-state index in [9.17, 15) is 9.90 Å². The van der Waals surface area contributed by atoms with Gasteiger partial charge in [0.1, 0.15) is 0 Å². The molecule has 2 heterocycles. The lowest BCUT2D eigenvalue weighted by Gasteiger charge is -2.39. The molecule has 36 heavy (non-hydrogen) atoms. The average molecular weight is 501 g/mol. The van der Waals surface area contributed by atoms with Gasteiger partial charge in [0.2, 0.25) is 5.91 Å². The third-order valence-electron chi connectivity index (χ3n) is 6.96. The van der Waals surface area contributed by atoms with Gasteiger partial charge >= 0.3 is 0 Å². The lowest BCUT2D eigenvalue weighted by atomic mass is 9.97. The van der Waals surface area contributed by atoms with Crippen LogP contribution in [-0.4, -0.2) is 55.2 Å². The first-order valence-electron chi connectivity index (χ1n) is 13.5. The first-order valence-corrected chi connectivity index (χ1v) is 13.5. The highest BCUT2D eigenvalue weighted by atomic mass is 16.7. The fourth-order valence-corrected chi connectivity index (χ4v) is 4.68. The van der Waals surface area contributed by atoms with Crippen molar-refractivity contribution < 1.29 is 19.4 Å². The number of carbonyl (C=O) groups excluding carboxylic acids is 1. The van der Waals surface area contributed by atoms with Gasteiger partial charge in [-0.15, -0.1) is 0 Å². The van der Waals surface area contributed by atoms with Crippen molar-refractivity contribution in [3.8, 4) is 0 Å². The quantitative estimate of drug-likeness (QED) is 0.477. The zero-order chi connectivity index (χ0) is 26.5. The maximum absolute atomic E-state index is 12.2. The van der Waals surface area contributed by atoms with Gasteiger partial charge in [-0.05, 0) is 59.4 Å².